The van der Waals surface area contributed by atoms with E-state index in [0.29, 0.717) is 0 Å². The van der Waals surface area contributed by atoms with Crippen LogP contribution < -0.4 is 5.32 Å². The zero-order chi connectivity index (χ0) is 17.0. The second-order valence-corrected chi connectivity index (χ2v) is 7.18. The minimum Gasteiger partial charge on any atom is -0.308 e. The van der Waals surface area contributed by atoms with Gasteiger partial charge in [0, 0.05) is 10.6 Å². The fourth-order valence-electron chi connectivity index (χ4n) is 3.25. The van der Waals surface area contributed by atoms with Gasteiger partial charge in [0.25, 0.3) is 0 Å². The zero-order valence-electron chi connectivity index (χ0n) is 14.4. The van der Waals surface area contributed by atoms with Gasteiger partial charge in [-0.15, -0.1) is 0 Å². The summed E-state index contributed by atoms with van der Waals surface area (Å²) in [6.45, 7) is 5.47. The van der Waals surface area contributed by atoms with Crippen LogP contribution in [-0.2, 0) is 12.0 Å². The second kappa shape index (κ2) is 7.38. The van der Waals surface area contributed by atoms with Crippen LogP contribution in [0.3, 0.4) is 0 Å². The lowest BCUT2D eigenvalue weighted by molar-refractivity contribution is 0.403. The monoisotopic (exact) mass is 337 g/mol. The Kier molecular flexibility index (Phi) is 5.23. The van der Waals surface area contributed by atoms with E-state index in [-0.39, 0.29) is 5.54 Å². The minimum atomic E-state index is -0.0681. The number of aryl methyl sites for hydroxylation is 1. The Balaban J connectivity index is 1.66. The van der Waals surface area contributed by atoms with Gasteiger partial charge in [-0.3, -0.25) is 0 Å². The fourth-order valence-corrected chi connectivity index (χ4v) is 3.48. The summed E-state index contributed by atoms with van der Waals surface area (Å²) in [5.74, 6) is 0. The van der Waals surface area contributed by atoms with Crippen LogP contribution in [0.2, 0.25) is 5.02 Å². The Morgan fingerprint density at radius 3 is 2.42 bits per heavy atom. The lowest BCUT2D eigenvalue weighted by atomic mass is 9.89. The van der Waals surface area contributed by atoms with Gasteiger partial charge in [-0.25, -0.2) is 0 Å². The highest BCUT2D eigenvalue weighted by Crippen LogP contribution is 2.28. The van der Waals surface area contributed by atoms with Crippen LogP contribution in [0.1, 0.15) is 31.4 Å². The minimum absolute atomic E-state index is 0.0681. The first-order valence-electron chi connectivity index (χ1n) is 8.54. The summed E-state index contributed by atoms with van der Waals surface area (Å²) >= 11 is 6.23. The van der Waals surface area contributed by atoms with Crippen molar-refractivity contribution in [2.24, 2.45) is 0 Å². The molecule has 0 saturated carbocycles. The van der Waals surface area contributed by atoms with Crippen LogP contribution in [0, 0.1) is 0 Å². The average Bonchev–Trinajstić information content (AvgIpc) is 2.59. The second-order valence-electron chi connectivity index (χ2n) is 6.77. The number of fused-ring (bicyclic) bond motifs is 1. The lowest BCUT2D eigenvalue weighted by Crippen LogP contribution is -2.37. The third-order valence-corrected chi connectivity index (χ3v) is 4.98. The molecule has 0 bridgehead atoms. The van der Waals surface area contributed by atoms with E-state index in [0.717, 1.165) is 24.4 Å². The third-order valence-electron chi connectivity index (χ3n) is 4.61. The number of rotatable bonds is 6. The maximum Gasteiger partial charge on any atom is 0.0437 e. The van der Waals surface area contributed by atoms with Crippen molar-refractivity contribution >= 4 is 22.4 Å². The molecule has 0 aliphatic carbocycles. The lowest BCUT2D eigenvalue weighted by Gasteiger charge is -2.28. The SMILES string of the molecule is CC(C)(NCCCc1ccccc1Cl)c1cccc2ccccc12. The highest BCUT2D eigenvalue weighted by Gasteiger charge is 2.21. The number of nitrogens with one attached hydrogen (secondary N) is 1. The average molecular weight is 338 g/mol. The Hall–Kier alpha value is -1.83. The van der Waals surface area contributed by atoms with Gasteiger partial charge >= 0.3 is 0 Å². The molecule has 0 spiro atoms. The molecule has 1 N–H and O–H groups in total. The summed E-state index contributed by atoms with van der Waals surface area (Å²) in [5, 5.41) is 7.20. The van der Waals surface area contributed by atoms with E-state index in [1.54, 1.807) is 0 Å². The van der Waals surface area contributed by atoms with E-state index in [4.69, 9.17) is 11.6 Å². The molecular weight excluding hydrogens is 314 g/mol. The van der Waals surface area contributed by atoms with Crippen molar-refractivity contribution in [3.05, 3.63) is 82.9 Å². The number of hydrogen-bond acceptors (Lipinski definition) is 1. The Bertz CT molecular complexity index is 818. The number of benzene rings is 3. The maximum absolute atomic E-state index is 6.23. The molecule has 0 unspecified atom stereocenters. The molecule has 0 atom stereocenters. The van der Waals surface area contributed by atoms with Crippen molar-refractivity contribution in [1.29, 1.82) is 0 Å². The number of hydrogen-bond donors (Lipinski definition) is 1. The Labute approximate surface area is 149 Å². The third kappa shape index (κ3) is 3.80. The standard InChI is InChI=1S/C22H24ClN/c1-22(2,20-14-7-11-17-9-3-5-13-19(17)20)24-16-8-12-18-10-4-6-15-21(18)23/h3-7,9-11,13-15,24H,8,12,16H2,1-2H3. The van der Waals surface area contributed by atoms with Gasteiger partial charge in [0.15, 0.2) is 0 Å². The van der Waals surface area contributed by atoms with Crippen molar-refractivity contribution in [2.75, 3.05) is 6.54 Å². The van der Waals surface area contributed by atoms with Crippen molar-refractivity contribution in [2.45, 2.75) is 32.2 Å². The first-order valence-corrected chi connectivity index (χ1v) is 8.92. The fraction of sp³-hybridized carbons (Fsp3) is 0.273. The summed E-state index contributed by atoms with van der Waals surface area (Å²) in [7, 11) is 0. The Morgan fingerprint density at radius 1 is 0.875 bits per heavy atom. The van der Waals surface area contributed by atoms with Crippen molar-refractivity contribution in [1.82, 2.24) is 5.32 Å². The highest BCUT2D eigenvalue weighted by atomic mass is 35.5. The molecule has 0 aromatic heterocycles. The van der Waals surface area contributed by atoms with Gasteiger partial charge in [0.05, 0.1) is 0 Å². The Morgan fingerprint density at radius 2 is 1.58 bits per heavy atom. The number of halogens is 1. The van der Waals surface area contributed by atoms with Crippen LogP contribution >= 0.6 is 11.6 Å². The smallest absolute Gasteiger partial charge is 0.0437 e. The van der Waals surface area contributed by atoms with Gasteiger partial charge in [-0.05, 0) is 61.2 Å². The first kappa shape index (κ1) is 17.0. The molecule has 1 nitrogen and oxygen atoms in total. The zero-order valence-corrected chi connectivity index (χ0v) is 15.1. The van der Waals surface area contributed by atoms with Gasteiger partial charge < -0.3 is 5.32 Å². The normalized spacial score (nSPS) is 11.8. The molecule has 3 rings (SSSR count). The van der Waals surface area contributed by atoms with Gasteiger partial charge in [0.1, 0.15) is 0 Å². The van der Waals surface area contributed by atoms with E-state index < -0.39 is 0 Å². The summed E-state index contributed by atoms with van der Waals surface area (Å²) in [4.78, 5) is 0. The highest BCUT2D eigenvalue weighted by molar-refractivity contribution is 6.31. The molecule has 0 aliphatic heterocycles. The maximum atomic E-state index is 6.23. The molecule has 24 heavy (non-hydrogen) atoms. The molecule has 0 fully saturated rings. The molecular formula is C22H24ClN. The van der Waals surface area contributed by atoms with Gasteiger partial charge in [0.2, 0.25) is 0 Å². The van der Waals surface area contributed by atoms with E-state index in [1.807, 2.05) is 12.1 Å². The molecule has 3 aromatic rings. The molecule has 0 amide bonds. The predicted molar refractivity (Wildman–Crippen MR) is 105 cm³/mol. The van der Waals surface area contributed by atoms with Crippen LogP contribution in [0.25, 0.3) is 10.8 Å². The molecule has 0 radical (unpaired) electrons. The molecule has 2 heteroatoms. The van der Waals surface area contributed by atoms with E-state index in [9.17, 15) is 0 Å². The van der Waals surface area contributed by atoms with E-state index >= 15 is 0 Å². The summed E-state index contributed by atoms with van der Waals surface area (Å²) in [5.41, 5.74) is 2.50. The first-order chi connectivity index (χ1) is 11.6. The van der Waals surface area contributed by atoms with E-state index in [1.165, 1.54) is 21.9 Å². The van der Waals surface area contributed by atoms with Gasteiger partial charge in [-0.1, -0.05) is 72.3 Å². The van der Waals surface area contributed by atoms with Gasteiger partial charge in [-0.2, -0.15) is 0 Å². The summed E-state index contributed by atoms with van der Waals surface area (Å²) in [6.07, 6.45) is 2.07. The van der Waals surface area contributed by atoms with Crippen LogP contribution in [-0.4, -0.2) is 6.54 Å². The van der Waals surface area contributed by atoms with Crippen LogP contribution in [0.4, 0.5) is 0 Å². The molecule has 124 valence electrons. The molecule has 0 aliphatic rings. The molecule has 3 aromatic carbocycles. The van der Waals surface area contributed by atoms with E-state index in [2.05, 4.69) is 73.8 Å². The largest absolute Gasteiger partial charge is 0.308 e. The molecule has 0 heterocycles. The topological polar surface area (TPSA) is 12.0 Å². The summed E-state index contributed by atoms with van der Waals surface area (Å²) in [6, 6.07) is 23.2. The van der Waals surface area contributed by atoms with Crippen LogP contribution in [0.15, 0.2) is 66.7 Å². The molecule has 0 saturated heterocycles. The predicted octanol–water partition coefficient (Wildman–Crippen LogP) is 5.95. The quantitative estimate of drug-likeness (QED) is 0.548. The van der Waals surface area contributed by atoms with Crippen molar-refractivity contribution in [3.63, 3.8) is 0 Å². The van der Waals surface area contributed by atoms with Crippen molar-refractivity contribution in [3.8, 4) is 0 Å². The van der Waals surface area contributed by atoms with Crippen molar-refractivity contribution < 1.29 is 0 Å². The summed E-state index contributed by atoms with van der Waals surface area (Å²) < 4.78 is 0. The van der Waals surface area contributed by atoms with Crippen LogP contribution in [0.5, 0.6) is 0 Å².